The highest BCUT2D eigenvalue weighted by Crippen LogP contribution is 2.22. The first-order chi connectivity index (χ1) is 15.6. The smallest absolute Gasteiger partial charge is 0.319 e. The number of urea groups is 1. The van der Waals surface area contributed by atoms with Gasteiger partial charge in [0.2, 0.25) is 0 Å². The van der Waals surface area contributed by atoms with Crippen LogP contribution in [0.15, 0.2) is 91.3 Å². The van der Waals surface area contributed by atoms with E-state index in [1.807, 2.05) is 42.5 Å². The first-order valence-corrected chi connectivity index (χ1v) is 10.2. The first kappa shape index (κ1) is 21.0. The summed E-state index contributed by atoms with van der Waals surface area (Å²) in [6.07, 6.45) is 3.22. The van der Waals surface area contributed by atoms with Gasteiger partial charge in [0.1, 0.15) is 0 Å². The van der Waals surface area contributed by atoms with Gasteiger partial charge in [0.15, 0.2) is 0 Å². The van der Waals surface area contributed by atoms with Crippen molar-refractivity contribution in [3.8, 4) is 0 Å². The fourth-order valence-electron chi connectivity index (χ4n) is 3.34. The number of nitrogens with zero attached hydrogens (tertiary/aromatic N) is 1. The Hall–Kier alpha value is -4.23. The Bertz CT molecular complexity index is 1220. The van der Waals surface area contributed by atoms with E-state index in [1.54, 1.807) is 48.8 Å². The van der Waals surface area contributed by atoms with Crippen LogP contribution in [0.3, 0.4) is 0 Å². The average molecular weight is 425 g/mol. The van der Waals surface area contributed by atoms with E-state index in [-0.39, 0.29) is 18.5 Å². The number of nitrogens with one attached hydrogen (secondary N) is 3. The molecule has 0 aliphatic rings. The van der Waals surface area contributed by atoms with Gasteiger partial charge in [0.05, 0.1) is 5.69 Å². The van der Waals surface area contributed by atoms with Crippen molar-refractivity contribution in [3.05, 3.63) is 102 Å². The molecule has 1 heterocycles. The molecule has 7 nitrogen and oxygen atoms in total. The molecule has 4 rings (SSSR count). The zero-order valence-corrected chi connectivity index (χ0v) is 17.3. The quantitative estimate of drug-likeness (QED) is 0.369. The highest BCUT2D eigenvalue weighted by molar-refractivity contribution is 6.04. The summed E-state index contributed by atoms with van der Waals surface area (Å²) in [4.78, 5) is 28.6. The van der Waals surface area contributed by atoms with Crippen LogP contribution in [0.4, 0.5) is 16.2 Å². The molecule has 1 aromatic heterocycles. The Morgan fingerprint density at radius 2 is 1.56 bits per heavy atom. The third-order valence-electron chi connectivity index (χ3n) is 5.06. The summed E-state index contributed by atoms with van der Waals surface area (Å²) in [6, 6.07) is 23.3. The minimum absolute atomic E-state index is 0.219. The summed E-state index contributed by atoms with van der Waals surface area (Å²) in [5, 5.41) is 10.5. The number of carbonyl (C=O) groups excluding carboxylic acids is 2. The second kappa shape index (κ2) is 9.72. The number of amides is 3. The number of hydrogen-bond acceptors (Lipinski definition) is 4. The van der Waals surface area contributed by atoms with Crippen molar-refractivity contribution in [3.63, 3.8) is 0 Å². The number of anilines is 2. The number of benzene rings is 3. The van der Waals surface area contributed by atoms with Gasteiger partial charge >= 0.3 is 6.03 Å². The van der Waals surface area contributed by atoms with Crippen molar-refractivity contribution >= 4 is 34.1 Å². The average Bonchev–Trinajstić information content (AvgIpc) is 2.83. The Balaban J connectivity index is 1.32. The standard InChI is InChI=1S/C25H23N5O2/c26-22(16-28-25(32)30-23-7-3-5-17-4-1-2-6-21(17)23)18-8-10-19(11-9-18)24(31)29-20-12-14-27-15-13-20/h1-15,22H,16,26H2,(H,27,29,31)(H2,28,30,32). The van der Waals surface area contributed by atoms with Gasteiger partial charge in [-0.1, -0.05) is 48.5 Å². The molecule has 0 saturated heterocycles. The number of carbonyl (C=O) groups is 2. The molecule has 3 aromatic carbocycles. The molecular formula is C25H23N5O2. The molecule has 4 aromatic rings. The van der Waals surface area contributed by atoms with E-state index in [1.165, 1.54) is 0 Å². The van der Waals surface area contributed by atoms with Crippen LogP contribution in [0.2, 0.25) is 0 Å². The SMILES string of the molecule is NC(CNC(=O)Nc1cccc2ccccc12)c1ccc(C(=O)Nc2ccncc2)cc1. The van der Waals surface area contributed by atoms with Gasteiger partial charge in [-0.2, -0.15) is 0 Å². The lowest BCUT2D eigenvalue weighted by Gasteiger charge is -2.15. The number of hydrogen-bond donors (Lipinski definition) is 4. The van der Waals surface area contributed by atoms with Crippen LogP contribution in [-0.2, 0) is 0 Å². The van der Waals surface area contributed by atoms with Gasteiger partial charge in [0.25, 0.3) is 5.91 Å². The second-order valence-electron chi connectivity index (χ2n) is 7.28. The van der Waals surface area contributed by atoms with E-state index in [0.29, 0.717) is 11.3 Å². The molecule has 0 saturated carbocycles. The summed E-state index contributed by atoms with van der Waals surface area (Å²) in [5.74, 6) is -0.219. The number of nitrogens with two attached hydrogens (primary N) is 1. The molecule has 5 N–H and O–H groups in total. The Labute approximate surface area is 185 Å². The van der Waals surface area contributed by atoms with E-state index in [0.717, 1.165) is 22.0 Å². The van der Waals surface area contributed by atoms with Crippen LogP contribution >= 0.6 is 0 Å². The number of aromatic nitrogens is 1. The summed E-state index contributed by atoms with van der Waals surface area (Å²) in [5.41, 5.74) is 8.96. The van der Waals surface area contributed by atoms with Crippen LogP contribution in [-0.4, -0.2) is 23.5 Å². The molecule has 7 heteroatoms. The number of fused-ring (bicyclic) bond motifs is 1. The minimum Gasteiger partial charge on any atom is -0.336 e. The topological polar surface area (TPSA) is 109 Å². The van der Waals surface area contributed by atoms with Gasteiger partial charge in [-0.3, -0.25) is 9.78 Å². The van der Waals surface area contributed by atoms with Crippen LogP contribution in [0.1, 0.15) is 22.0 Å². The van der Waals surface area contributed by atoms with Crippen molar-refractivity contribution in [1.29, 1.82) is 0 Å². The van der Waals surface area contributed by atoms with Crippen molar-refractivity contribution in [2.24, 2.45) is 5.73 Å². The molecule has 3 amide bonds. The highest BCUT2D eigenvalue weighted by atomic mass is 16.2. The predicted octanol–water partition coefficient (Wildman–Crippen LogP) is 4.31. The van der Waals surface area contributed by atoms with E-state index < -0.39 is 6.04 Å². The molecule has 0 aliphatic carbocycles. The third-order valence-corrected chi connectivity index (χ3v) is 5.06. The lowest BCUT2D eigenvalue weighted by Crippen LogP contribution is -2.35. The Morgan fingerprint density at radius 3 is 2.34 bits per heavy atom. The summed E-state index contributed by atoms with van der Waals surface area (Å²) >= 11 is 0. The molecule has 0 radical (unpaired) electrons. The van der Waals surface area contributed by atoms with Gasteiger partial charge in [0, 0.05) is 41.6 Å². The highest BCUT2D eigenvalue weighted by Gasteiger charge is 2.11. The first-order valence-electron chi connectivity index (χ1n) is 10.2. The van der Waals surface area contributed by atoms with Gasteiger partial charge in [-0.25, -0.2) is 4.79 Å². The molecular weight excluding hydrogens is 402 g/mol. The summed E-state index contributed by atoms with van der Waals surface area (Å²) in [6.45, 7) is 0.249. The van der Waals surface area contributed by atoms with Crippen LogP contribution in [0.5, 0.6) is 0 Å². The minimum atomic E-state index is -0.412. The van der Waals surface area contributed by atoms with Crippen molar-refractivity contribution in [2.45, 2.75) is 6.04 Å². The molecule has 32 heavy (non-hydrogen) atoms. The van der Waals surface area contributed by atoms with E-state index in [4.69, 9.17) is 5.73 Å². The van der Waals surface area contributed by atoms with Crippen molar-refractivity contribution in [2.75, 3.05) is 17.2 Å². The Kier molecular flexibility index (Phi) is 6.38. The van der Waals surface area contributed by atoms with Gasteiger partial charge < -0.3 is 21.7 Å². The zero-order chi connectivity index (χ0) is 22.3. The number of rotatable bonds is 6. The van der Waals surface area contributed by atoms with E-state index in [9.17, 15) is 9.59 Å². The molecule has 1 atom stereocenters. The normalized spacial score (nSPS) is 11.5. The molecule has 0 fully saturated rings. The lowest BCUT2D eigenvalue weighted by molar-refractivity contribution is 0.102. The largest absolute Gasteiger partial charge is 0.336 e. The van der Waals surface area contributed by atoms with Crippen LogP contribution in [0, 0.1) is 0 Å². The van der Waals surface area contributed by atoms with Crippen molar-refractivity contribution < 1.29 is 9.59 Å². The predicted molar refractivity (Wildman–Crippen MR) is 127 cm³/mol. The summed E-state index contributed by atoms with van der Waals surface area (Å²) in [7, 11) is 0. The summed E-state index contributed by atoms with van der Waals surface area (Å²) < 4.78 is 0. The molecule has 0 spiro atoms. The maximum atomic E-state index is 12.4. The monoisotopic (exact) mass is 425 g/mol. The number of pyridine rings is 1. The fraction of sp³-hybridized carbons (Fsp3) is 0.0800. The van der Waals surface area contributed by atoms with Crippen LogP contribution in [0.25, 0.3) is 10.8 Å². The van der Waals surface area contributed by atoms with Crippen molar-refractivity contribution in [1.82, 2.24) is 10.3 Å². The van der Waals surface area contributed by atoms with Crippen LogP contribution < -0.4 is 21.7 Å². The molecule has 0 bridgehead atoms. The fourth-order valence-corrected chi connectivity index (χ4v) is 3.34. The zero-order valence-electron chi connectivity index (χ0n) is 17.3. The van der Waals surface area contributed by atoms with Gasteiger partial charge in [-0.15, -0.1) is 0 Å². The molecule has 160 valence electrons. The lowest BCUT2D eigenvalue weighted by atomic mass is 10.1. The Morgan fingerprint density at radius 1 is 0.844 bits per heavy atom. The van der Waals surface area contributed by atoms with E-state index in [2.05, 4.69) is 20.9 Å². The molecule has 1 unspecified atom stereocenters. The van der Waals surface area contributed by atoms with E-state index >= 15 is 0 Å². The maximum absolute atomic E-state index is 12.4. The third kappa shape index (κ3) is 5.08. The second-order valence-corrected chi connectivity index (χ2v) is 7.28. The molecule has 0 aliphatic heterocycles. The maximum Gasteiger partial charge on any atom is 0.319 e. The van der Waals surface area contributed by atoms with Gasteiger partial charge in [-0.05, 0) is 41.3 Å².